The summed E-state index contributed by atoms with van der Waals surface area (Å²) in [5, 5.41) is 4.05. The van der Waals surface area contributed by atoms with Gasteiger partial charge in [-0.05, 0) is 42.8 Å². The number of hydrogen-bond donors (Lipinski definition) is 1. The SMILES string of the molecule is Cc1cccc2c(=O)n(CC(=O)NCCSc3ccc(Cl)cc3)cnc12. The van der Waals surface area contributed by atoms with Crippen molar-refractivity contribution >= 4 is 40.2 Å². The van der Waals surface area contributed by atoms with Crippen LogP contribution in [-0.2, 0) is 11.3 Å². The number of aromatic nitrogens is 2. The minimum Gasteiger partial charge on any atom is -0.354 e. The number of halogens is 1. The Balaban J connectivity index is 1.55. The van der Waals surface area contributed by atoms with Crippen LogP contribution in [0, 0.1) is 6.92 Å². The highest BCUT2D eigenvalue weighted by molar-refractivity contribution is 7.99. The maximum atomic E-state index is 12.5. The molecule has 1 heterocycles. The van der Waals surface area contributed by atoms with E-state index in [-0.39, 0.29) is 18.0 Å². The van der Waals surface area contributed by atoms with Gasteiger partial charge in [-0.25, -0.2) is 4.98 Å². The molecule has 134 valence electrons. The van der Waals surface area contributed by atoms with E-state index in [1.165, 1.54) is 10.9 Å². The summed E-state index contributed by atoms with van der Waals surface area (Å²) < 4.78 is 1.34. The number of aryl methyl sites for hydroxylation is 1. The molecular formula is C19H18ClN3O2S. The molecule has 3 rings (SSSR count). The van der Waals surface area contributed by atoms with Crippen molar-refractivity contribution < 1.29 is 4.79 Å². The lowest BCUT2D eigenvalue weighted by Gasteiger charge is -2.09. The number of carbonyl (C=O) groups is 1. The van der Waals surface area contributed by atoms with E-state index in [1.807, 2.05) is 43.3 Å². The minimum absolute atomic E-state index is 0.0404. The van der Waals surface area contributed by atoms with Gasteiger partial charge in [-0.3, -0.25) is 14.2 Å². The number of thioether (sulfide) groups is 1. The van der Waals surface area contributed by atoms with Crippen molar-refractivity contribution in [2.24, 2.45) is 0 Å². The standard InChI is InChI=1S/C19H18ClN3O2S/c1-13-3-2-4-16-18(13)22-12-23(19(16)25)11-17(24)21-9-10-26-15-7-5-14(20)6-8-15/h2-8,12H,9-11H2,1H3,(H,21,24). The predicted octanol–water partition coefficient (Wildman–Crippen LogP) is 3.27. The van der Waals surface area contributed by atoms with Gasteiger partial charge in [0.1, 0.15) is 6.54 Å². The van der Waals surface area contributed by atoms with Gasteiger partial charge in [0.25, 0.3) is 5.56 Å². The van der Waals surface area contributed by atoms with Crippen LogP contribution in [0.2, 0.25) is 5.02 Å². The number of amides is 1. The van der Waals surface area contributed by atoms with Crippen molar-refractivity contribution in [1.29, 1.82) is 0 Å². The Morgan fingerprint density at radius 2 is 2.00 bits per heavy atom. The summed E-state index contributed by atoms with van der Waals surface area (Å²) >= 11 is 7.48. The molecule has 0 aliphatic rings. The molecule has 0 bridgehead atoms. The van der Waals surface area contributed by atoms with E-state index in [0.29, 0.717) is 22.5 Å². The molecule has 1 amide bonds. The molecule has 0 saturated carbocycles. The molecule has 7 heteroatoms. The number of para-hydroxylation sites is 1. The van der Waals surface area contributed by atoms with Crippen LogP contribution < -0.4 is 10.9 Å². The second-order valence-electron chi connectivity index (χ2n) is 5.80. The molecule has 0 radical (unpaired) electrons. The average molecular weight is 388 g/mol. The smallest absolute Gasteiger partial charge is 0.261 e. The molecule has 0 aliphatic carbocycles. The second kappa shape index (κ2) is 8.38. The van der Waals surface area contributed by atoms with Crippen LogP contribution in [0.4, 0.5) is 0 Å². The normalized spacial score (nSPS) is 10.8. The Labute approximate surface area is 160 Å². The van der Waals surface area contributed by atoms with Crippen molar-refractivity contribution in [1.82, 2.24) is 14.9 Å². The van der Waals surface area contributed by atoms with Gasteiger partial charge in [-0.2, -0.15) is 0 Å². The lowest BCUT2D eigenvalue weighted by Crippen LogP contribution is -2.33. The fourth-order valence-electron chi connectivity index (χ4n) is 2.55. The fourth-order valence-corrected chi connectivity index (χ4v) is 3.45. The number of fused-ring (bicyclic) bond motifs is 1. The van der Waals surface area contributed by atoms with Gasteiger partial charge in [0.2, 0.25) is 5.91 Å². The van der Waals surface area contributed by atoms with Crippen molar-refractivity contribution in [3.63, 3.8) is 0 Å². The molecular weight excluding hydrogens is 370 g/mol. The molecule has 0 fully saturated rings. The van der Waals surface area contributed by atoms with Crippen LogP contribution in [0.3, 0.4) is 0 Å². The third-order valence-electron chi connectivity index (χ3n) is 3.88. The molecule has 0 spiro atoms. The van der Waals surface area contributed by atoms with Gasteiger partial charge >= 0.3 is 0 Å². The molecule has 2 aromatic carbocycles. The third-order valence-corrected chi connectivity index (χ3v) is 5.14. The zero-order chi connectivity index (χ0) is 18.5. The lowest BCUT2D eigenvalue weighted by atomic mass is 10.1. The maximum absolute atomic E-state index is 12.5. The van der Waals surface area contributed by atoms with Crippen LogP contribution in [-0.4, -0.2) is 27.8 Å². The van der Waals surface area contributed by atoms with E-state index in [9.17, 15) is 9.59 Å². The Kier molecular flexibility index (Phi) is 5.96. The number of nitrogens with one attached hydrogen (secondary N) is 1. The molecule has 0 aliphatic heterocycles. The van der Waals surface area contributed by atoms with Gasteiger partial charge in [0.05, 0.1) is 17.2 Å². The summed E-state index contributed by atoms with van der Waals surface area (Å²) in [5.41, 5.74) is 1.41. The van der Waals surface area contributed by atoms with E-state index in [1.54, 1.807) is 17.8 Å². The molecule has 26 heavy (non-hydrogen) atoms. The van der Waals surface area contributed by atoms with Crippen LogP contribution >= 0.6 is 23.4 Å². The van der Waals surface area contributed by atoms with Crippen LogP contribution in [0.25, 0.3) is 10.9 Å². The van der Waals surface area contributed by atoms with Crippen LogP contribution in [0.1, 0.15) is 5.56 Å². The first-order valence-electron chi connectivity index (χ1n) is 8.14. The van der Waals surface area contributed by atoms with Crippen LogP contribution in [0.5, 0.6) is 0 Å². The predicted molar refractivity (Wildman–Crippen MR) is 106 cm³/mol. The fraction of sp³-hybridized carbons (Fsp3) is 0.211. The van der Waals surface area contributed by atoms with Crippen molar-refractivity contribution in [3.05, 3.63) is 69.7 Å². The summed E-state index contributed by atoms with van der Waals surface area (Å²) in [6, 6.07) is 13.0. The third kappa shape index (κ3) is 4.45. The largest absolute Gasteiger partial charge is 0.354 e. The van der Waals surface area contributed by atoms with Gasteiger partial charge in [0.15, 0.2) is 0 Å². The molecule has 0 atom stereocenters. The number of nitrogens with zero attached hydrogens (tertiary/aromatic N) is 2. The van der Waals surface area contributed by atoms with E-state index in [2.05, 4.69) is 10.3 Å². The van der Waals surface area contributed by atoms with E-state index in [4.69, 9.17) is 11.6 Å². The first-order valence-corrected chi connectivity index (χ1v) is 9.51. The Morgan fingerprint density at radius 1 is 1.23 bits per heavy atom. The Bertz CT molecular complexity index is 986. The first kappa shape index (κ1) is 18.5. The topological polar surface area (TPSA) is 64.0 Å². The monoisotopic (exact) mass is 387 g/mol. The summed E-state index contributed by atoms with van der Waals surface area (Å²) in [7, 11) is 0. The Morgan fingerprint density at radius 3 is 2.77 bits per heavy atom. The molecule has 0 unspecified atom stereocenters. The summed E-state index contributed by atoms with van der Waals surface area (Å²) in [4.78, 5) is 30.0. The zero-order valence-electron chi connectivity index (χ0n) is 14.2. The van der Waals surface area contributed by atoms with Gasteiger partial charge < -0.3 is 5.32 Å². The van der Waals surface area contributed by atoms with Crippen molar-refractivity contribution in [3.8, 4) is 0 Å². The van der Waals surface area contributed by atoms with E-state index >= 15 is 0 Å². The first-order chi connectivity index (χ1) is 12.5. The van der Waals surface area contributed by atoms with Crippen LogP contribution in [0.15, 0.2) is 58.5 Å². The molecule has 3 aromatic rings. The maximum Gasteiger partial charge on any atom is 0.261 e. The van der Waals surface area contributed by atoms with Crippen molar-refractivity contribution in [2.75, 3.05) is 12.3 Å². The summed E-state index contributed by atoms with van der Waals surface area (Å²) in [6.45, 7) is 2.38. The zero-order valence-corrected chi connectivity index (χ0v) is 15.8. The average Bonchev–Trinajstić information content (AvgIpc) is 2.63. The van der Waals surface area contributed by atoms with E-state index in [0.717, 1.165) is 16.2 Å². The number of benzene rings is 2. The van der Waals surface area contributed by atoms with Gasteiger partial charge in [-0.1, -0.05) is 23.7 Å². The number of hydrogen-bond acceptors (Lipinski definition) is 4. The molecule has 1 aromatic heterocycles. The highest BCUT2D eigenvalue weighted by atomic mass is 35.5. The van der Waals surface area contributed by atoms with E-state index < -0.39 is 0 Å². The Hall–Kier alpha value is -2.31. The van der Waals surface area contributed by atoms with Gasteiger partial charge in [-0.15, -0.1) is 11.8 Å². The summed E-state index contributed by atoms with van der Waals surface area (Å²) in [5.74, 6) is 0.523. The summed E-state index contributed by atoms with van der Waals surface area (Å²) in [6.07, 6.45) is 1.43. The second-order valence-corrected chi connectivity index (χ2v) is 7.41. The molecule has 0 saturated heterocycles. The molecule has 5 nitrogen and oxygen atoms in total. The van der Waals surface area contributed by atoms with Crippen molar-refractivity contribution in [2.45, 2.75) is 18.4 Å². The highest BCUT2D eigenvalue weighted by Crippen LogP contribution is 2.19. The number of rotatable bonds is 6. The van der Waals surface area contributed by atoms with Gasteiger partial charge in [0, 0.05) is 22.2 Å². The highest BCUT2D eigenvalue weighted by Gasteiger charge is 2.09. The molecule has 1 N–H and O–H groups in total. The lowest BCUT2D eigenvalue weighted by molar-refractivity contribution is -0.121. The number of carbonyl (C=O) groups excluding carboxylic acids is 1. The quantitative estimate of drug-likeness (QED) is 0.521. The minimum atomic E-state index is -0.211.